The van der Waals surface area contributed by atoms with Crippen LogP contribution in [-0.2, 0) is 24.8 Å². The Hall–Kier alpha value is -2.70. The summed E-state index contributed by atoms with van der Waals surface area (Å²) < 4.78 is 59.2. The molecule has 0 radical (unpaired) electrons. The lowest BCUT2D eigenvalue weighted by atomic mass is 10.2. The molecule has 2 N–H and O–H groups in total. The third kappa shape index (κ3) is 5.81. The van der Waals surface area contributed by atoms with E-state index in [4.69, 9.17) is 39.5 Å². The van der Waals surface area contributed by atoms with Crippen LogP contribution >= 0.6 is 34.8 Å². The van der Waals surface area contributed by atoms with Gasteiger partial charge in [-0.1, -0.05) is 34.8 Å². The molecule has 0 bridgehead atoms. The average molecular weight is 591 g/mol. The Morgan fingerprint density at radius 1 is 0.944 bits per heavy atom. The van der Waals surface area contributed by atoms with Crippen LogP contribution in [0, 0.1) is 0 Å². The van der Waals surface area contributed by atoms with E-state index in [2.05, 4.69) is 10.0 Å². The minimum Gasteiger partial charge on any atom is -0.476 e. The highest BCUT2D eigenvalue weighted by Crippen LogP contribution is 2.37. The summed E-state index contributed by atoms with van der Waals surface area (Å²) in [5, 5.41) is 3.42. The van der Waals surface area contributed by atoms with Crippen LogP contribution in [0.5, 0.6) is 5.75 Å². The normalized spacial score (nSPS) is 15.6. The maximum Gasteiger partial charge on any atom is 0.267 e. The van der Waals surface area contributed by atoms with Gasteiger partial charge in [-0.15, -0.1) is 0 Å². The fraction of sp³-hybridized carbons (Fsp3) is 0.136. The molecule has 1 atom stereocenters. The summed E-state index contributed by atoms with van der Waals surface area (Å²) in [6, 6.07) is 14.2. The molecule has 0 aliphatic carbocycles. The highest BCUT2D eigenvalue weighted by molar-refractivity contribution is 7.92. The summed E-state index contributed by atoms with van der Waals surface area (Å²) in [4.78, 5) is 12.8. The monoisotopic (exact) mass is 589 g/mol. The molecule has 36 heavy (non-hydrogen) atoms. The maximum atomic E-state index is 12.9. The zero-order valence-electron chi connectivity index (χ0n) is 18.4. The van der Waals surface area contributed by atoms with Gasteiger partial charge in [0.1, 0.15) is 5.75 Å². The standard InChI is InChI=1S/C22H18Cl3N3O6S2/c1-35(30,31)28-12-21(34-20-9-3-14(24)11-19(20)28)22(29)26-15-4-6-16(7-5-15)36(32,33)27-18-8-2-13(23)10-17(18)25/h2-11,21,27H,12H2,1H3,(H,26,29). The molecular weight excluding hydrogens is 573 g/mol. The number of carbonyl (C=O) groups excluding carboxylic acids is 1. The summed E-state index contributed by atoms with van der Waals surface area (Å²) in [5.41, 5.74) is 0.668. The van der Waals surface area contributed by atoms with Gasteiger partial charge in [-0.05, 0) is 60.7 Å². The van der Waals surface area contributed by atoms with Crippen molar-refractivity contribution in [3.05, 3.63) is 75.7 Å². The van der Waals surface area contributed by atoms with Crippen LogP contribution < -0.4 is 19.1 Å². The number of benzene rings is 3. The quantitative estimate of drug-likeness (QED) is 0.432. The molecule has 9 nitrogen and oxygen atoms in total. The SMILES string of the molecule is CS(=O)(=O)N1CC(C(=O)Nc2ccc(S(=O)(=O)Nc3ccc(Cl)cc3Cl)cc2)Oc2ccc(Cl)cc21. The minimum absolute atomic E-state index is 0.0745. The molecule has 1 aliphatic rings. The molecule has 190 valence electrons. The zero-order valence-corrected chi connectivity index (χ0v) is 22.3. The molecule has 0 aromatic heterocycles. The third-order valence-corrected chi connectivity index (χ3v) is 8.40. The number of halogens is 3. The molecule has 1 unspecified atom stereocenters. The van der Waals surface area contributed by atoms with Crippen LogP contribution in [0.15, 0.2) is 65.6 Å². The lowest BCUT2D eigenvalue weighted by Crippen LogP contribution is -2.48. The van der Waals surface area contributed by atoms with E-state index in [0.29, 0.717) is 10.0 Å². The lowest BCUT2D eigenvalue weighted by molar-refractivity contribution is -0.122. The number of amides is 1. The van der Waals surface area contributed by atoms with Gasteiger partial charge in [0.2, 0.25) is 10.0 Å². The van der Waals surface area contributed by atoms with Crippen molar-refractivity contribution in [2.75, 3.05) is 27.1 Å². The van der Waals surface area contributed by atoms with Gasteiger partial charge in [-0.2, -0.15) is 0 Å². The van der Waals surface area contributed by atoms with Crippen molar-refractivity contribution in [2.45, 2.75) is 11.0 Å². The van der Waals surface area contributed by atoms with Crippen molar-refractivity contribution in [2.24, 2.45) is 0 Å². The van der Waals surface area contributed by atoms with E-state index in [1.54, 1.807) is 0 Å². The molecule has 3 aromatic rings. The fourth-order valence-corrected chi connectivity index (χ4v) is 6.06. The predicted molar refractivity (Wildman–Crippen MR) is 140 cm³/mol. The number of ether oxygens (including phenoxy) is 1. The maximum absolute atomic E-state index is 12.9. The summed E-state index contributed by atoms with van der Waals surface area (Å²) in [6.07, 6.45) is -0.145. The smallest absolute Gasteiger partial charge is 0.267 e. The molecule has 3 aromatic carbocycles. The van der Waals surface area contributed by atoms with Gasteiger partial charge in [-0.3, -0.25) is 13.8 Å². The number of anilines is 3. The third-order valence-electron chi connectivity index (χ3n) is 5.09. The molecule has 0 spiro atoms. The first-order chi connectivity index (χ1) is 16.8. The first-order valence-corrected chi connectivity index (χ1v) is 14.6. The summed E-state index contributed by atoms with van der Waals surface area (Å²) >= 11 is 17.9. The topological polar surface area (TPSA) is 122 Å². The van der Waals surface area contributed by atoms with Crippen LogP contribution in [-0.4, -0.2) is 41.6 Å². The van der Waals surface area contributed by atoms with E-state index >= 15 is 0 Å². The van der Waals surface area contributed by atoms with Crippen LogP contribution in [0.4, 0.5) is 17.1 Å². The second kappa shape index (κ2) is 9.98. The van der Waals surface area contributed by atoms with Gasteiger partial charge in [0.15, 0.2) is 6.10 Å². The van der Waals surface area contributed by atoms with Crippen LogP contribution in [0.1, 0.15) is 0 Å². The molecular formula is C22H18Cl3N3O6S2. The zero-order chi connectivity index (χ0) is 26.3. The molecule has 1 heterocycles. The number of sulfonamides is 2. The minimum atomic E-state index is -3.97. The molecule has 4 rings (SSSR count). The van der Waals surface area contributed by atoms with Crippen LogP contribution in [0.2, 0.25) is 15.1 Å². The van der Waals surface area contributed by atoms with Crippen molar-refractivity contribution >= 4 is 77.8 Å². The second-order valence-corrected chi connectivity index (χ2v) is 12.6. The Labute approximate surface area is 223 Å². The molecule has 0 saturated carbocycles. The van der Waals surface area contributed by atoms with Crippen molar-refractivity contribution in [3.8, 4) is 5.75 Å². The van der Waals surface area contributed by atoms with Crippen molar-refractivity contribution in [3.63, 3.8) is 0 Å². The number of carbonyl (C=O) groups is 1. The number of fused-ring (bicyclic) bond motifs is 1. The first-order valence-electron chi connectivity index (χ1n) is 10.2. The Morgan fingerprint density at radius 3 is 2.22 bits per heavy atom. The van der Waals surface area contributed by atoms with Gasteiger partial charge in [0.25, 0.3) is 15.9 Å². The van der Waals surface area contributed by atoms with E-state index in [0.717, 1.165) is 10.6 Å². The molecule has 0 fully saturated rings. The lowest BCUT2D eigenvalue weighted by Gasteiger charge is -2.34. The van der Waals surface area contributed by atoms with Crippen LogP contribution in [0.25, 0.3) is 0 Å². The summed E-state index contributed by atoms with van der Waals surface area (Å²) in [7, 11) is -7.70. The van der Waals surface area contributed by atoms with Gasteiger partial charge in [0.05, 0.1) is 34.1 Å². The predicted octanol–water partition coefficient (Wildman–Crippen LogP) is 4.61. The van der Waals surface area contributed by atoms with E-state index in [1.807, 2.05) is 0 Å². The van der Waals surface area contributed by atoms with Gasteiger partial charge >= 0.3 is 0 Å². The van der Waals surface area contributed by atoms with Crippen molar-refractivity contribution in [1.29, 1.82) is 0 Å². The summed E-state index contributed by atoms with van der Waals surface area (Å²) in [5.74, 6) is -0.435. The Kier molecular flexibility index (Phi) is 7.31. The van der Waals surface area contributed by atoms with Crippen LogP contribution in [0.3, 0.4) is 0 Å². The number of hydrogen-bond acceptors (Lipinski definition) is 6. The largest absolute Gasteiger partial charge is 0.476 e. The van der Waals surface area contributed by atoms with E-state index in [9.17, 15) is 21.6 Å². The van der Waals surface area contributed by atoms with E-state index < -0.39 is 32.1 Å². The molecule has 1 amide bonds. The highest BCUT2D eigenvalue weighted by atomic mass is 35.5. The first kappa shape index (κ1) is 26.4. The average Bonchev–Trinajstić information content (AvgIpc) is 2.80. The number of nitrogens with zero attached hydrogens (tertiary/aromatic N) is 1. The number of rotatable bonds is 6. The second-order valence-electron chi connectivity index (χ2n) is 7.76. The van der Waals surface area contributed by atoms with Gasteiger partial charge in [-0.25, -0.2) is 16.8 Å². The van der Waals surface area contributed by atoms with Crippen molar-refractivity contribution < 1.29 is 26.4 Å². The summed E-state index contributed by atoms with van der Waals surface area (Å²) in [6.45, 7) is -0.268. The van der Waals surface area contributed by atoms with E-state index in [1.165, 1.54) is 60.7 Å². The highest BCUT2D eigenvalue weighted by Gasteiger charge is 2.35. The molecule has 14 heteroatoms. The Morgan fingerprint density at radius 2 is 1.58 bits per heavy atom. The molecule has 1 aliphatic heterocycles. The number of hydrogen-bond donors (Lipinski definition) is 2. The van der Waals surface area contributed by atoms with Crippen molar-refractivity contribution in [1.82, 2.24) is 0 Å². The fourth-order valence-electron chi connectivity index (χ4n) is 3.39. The van der Waals surface area contributed by atoms with Gasteiger partial charge in [0, 0.05) is 15.7 Å². The number of nitrogens with one attached hydrogen (secondary N) is 2. The van der Waals surface area contributed by atoms with Gasteiger partial charge < -0.3 is 10.1 Å². The Balaban J connectivity index is 1.49. The molecule has 0 saturated heterocycles. The Bertz CT molecular complexity index is 1550. The van der Waals surface area contributed by atoms with E-state index in [-0.39, 0.29) is 39.3 Å².